The lowest BCUT2D eigenvalue weighted by molar-refractivity contribution is 0.281. The number of hydrogen-bond donors (Lipinski definition) is 1. The molecule has 6 heteroatoms. The molecule has 0 unspecified atom stereocenters. The summed E-state index contributed by atoms with van der Waals surface area (Å²) in [5.41, 5.74) is 0. The summed E-state index contributed by atoms with van der Waals surface area (Å²) >= 11 is 0. The maximum atomic E-state index is 5.65. The van der Waals surface area contributed by atoms with Gasteiger partial charge in [0.1, 0.15) is 18.1 Å². The van der Waals surface area contributed by atoms with E-state index < -0.39 is 0 Å². The highest BCUT2D eigenvalue weighted by Gasteiger charge is 2.04. The van der Waals surface area contributed by atoms with Crippen molar-refractivity contribution in [2.24, 2.45) is 4.99 Å². The van der Waals surface area contributed by atoms with Crippen LogP contribution in [0.1, 0.15) is 0 Å². The predicted octanol–water partition coefficient (Wildman–Crippen LogP) is 1.83. The summed E-state index contributed by atoms with van der Waals surface area (Å²) in [6.07, 6.45) is 5.21. The summed E-state index contributed by atoms with van der Waals surface area (Å²) in [6.45, 7) is 1.71. The molecule has 0 bridgehead atoms. The molecule has 0 atom stereocenters. The minimum absolute atomic E-state index is 0. The largest absolute Gasteiger partial charge is 0.497 e. The number of methoxy groups -OCH3 is 1. The first-order valence-corrected chi connectivity index (χ1v) is 6.33. The molecule has 0 fully saturated rings. The van der Waals surface area contributed by atoms with Crippen molar-refractivity contribution in [3.8, 4) is 23.8 Å². The number of benzene rings is 1. The molecule has 1 aromatic rings. The Hall–Kier alpha value is -1.62. The third kappa shape index (κ3) is 7.09. The van der Waals surface area contributed by atoms with E-state index >= 15 is 0 Å². The Morgan fingerprint density at radius 3 is 2.48 bits per heavy atom. The Morgan fingerprint density at radius 1 is 1.33 bits per heavy atom. The molecular weight excluding hydrogens is 381 g/mol. The van der Waals surface area contributed by atoms with Gasteiger partial charge in [-0.3, -0.25) is 4.99 Å². The topological polar surface area (TPSA) is 46.1 Å². The van der Waals surface area contributed by atoms with Crippen LogP contribution in [0.4, 0.5) is 0 Å². The van der Waals surface area contributed by atoms with E-state index in [2.05, 4.69) is 16.2 Å². The second-order valence-electron chi connectivity index (χ2n) is 4.05. The number of halogens is 1. The fourth-order valence-electron chi connectivity index (χ4n) is 1.59. The lowest BCUT2D eigenvalue weighted by atomic mass is 10.3. The highest BCUT2D eigenvalue weighted by atomic mass is 127. The lowest BCUT2D eigenvalue weighted by Crippen LogP contribution is -2.40. The van der Waals surface area contributed by atoms with Gasteiger partial charge in [-0.1, -0.05) is 5.92 Å². The van der Waals surface area contributed by atoms with E-state index in [1.807, 2.05) is 36.2 Å². The second kappa shape index (κ2) is 11.1. The summed E-state index contributed by atoms with van der Waals surface area (Å²) in [5.74, 6) is 4.89. The van der Waals surface area contributed by atoms with Crippen LogP contribution in [-0.4, -0.2) is 51.8 Å². The van der Waals surface area contributed by atoms with Crippen LogP contribution in [0.3, 0.4) is 0 Å². The fourth-order valence-corrected chi connectivity index (χ4v) is 1.59. The Balaban J connectivity index is 0.00000400. The van der Waals surface area contributed by atoms with Crippen LogP contribution in [0.2, 0.25) is 0 Å². The van der Waals surface area contributed by atoms with Crippen LogP contribution >= 0.6 is 24.0 Å². The molecule has 0 amide bonds. The Morgan fingerprint density at radius 2 is 1.95 bits per heavy atom. The third-order valence-corrected chi connectivity index (χ3v) is 2.68. The quantitative estimate of drug-likeness (QED) is 0.341. The molecule has 0 aliphatic rings. The van der Waals surface area contributed by atoms with Gasteiger partial charge in [-0.2, -0.15) is 0 Å². The van der Waals surface area contributed by atoms with Crippen LogP contribution in [0.25, 0.3) is 0 Å². The Kier molecular flexibility index (Phi) is 10.2. The van der Waals surface area contributed by atoms with Gasteiger partial charge >= 0.3 is 0 Å². The van der Waals surface area contributed by atoms with E-state index in [1.165, 1.54) is 0 Å². The maximum Gasteiger partial charge on any atom is 0.194 e. The number of aliphatic imine (C=N–C) groups is 1. The van der Waals surface area contributed by atoms with Crippen LogP contribution in [-0.2, 0) is 0 Å². The highest BCUT2D eigenvalue weighted by molar-refractivity contribution is 14.0. The van der Waals surface area contributed by atoms with E-state index in [-0.39, 0.29) is 24.0 Å². The molecule has 0 saturated carbocycles. The first kappa shape index (κ1) is 19.4. The molecule has 0 spiro atoms. The van der Waals surface area contributed by atoms with E-state index in [9.17, 15) is 0 Å². The number of rotatable bonds is 6. The zero-order chi connectivity index (χ0) is 14.8. The van der Waals surface area contributed by atoms with Crippen molar-refractivity contribution in [3.05, 3.63) is 24.3 Å². The Bertz CT molecular complexity index is 469. The number of likely N-dealkylation sites (N-methyl/N-ethyl adjacent to an activating group) is 1. The summed E-state index contributed by atoms with van der Waals surface area (Å²) in [5, 5.41) is 3.05. The van der Waals surface area contributed by atoms with Gasteiger partial charge < -0.3 is 19.7 Å². The normalized spacial score (nSPS) is 10.1. The molecule has 116 valence electrons. The molecule has 0 aliphatic carbocycles. The van der Waals surface area contributed by atoms with Gasteiger partial charge in [-0.05, 0) is 24.3 Å². The zero-order valence-electron chi connectivity index (χ0n) is 12.6. The van der Waals surface area contributed by atoms with E-state index in [0.717, 1.165) is 17.5 Å². The lowest BCUT2D eigenvalue weighted by Gasteiger charge is -2.21. The SMILES string of the molecule is C#CCNC(=NC)N(C)CCOc1ccc(OC)cc1.I. The molecular formula is C15H22IN3O2. The average molecular weight is 403 g/mol. The van der Waals surface area contributed by atoms with Crippen LogP contribution in [0.15, 0.2) is 29.3 Å². The van der Waals surface area contributed by atoms with Crippen molar-refractivity contribution in [3.63, 3.8) is 0 Å². The maximum absolute atomic E-state index is 5.65. The Labute approximate surface area is 143 Å². The number of ether oxygens (including phenoxy) is 2. The molecule has 0 aromatic heterocycles. The van der Waals surface area contributed by atoms with Gasteiger partial charge in [0.2, 0.25) is 0 Å². The standard InChI is InChI=1S/C15H21N3O2.HI/c1-5-10-17-15(16-2)18(3)11-12-20-14-8-6-13(19-4)7-9-14;/h1,6-9H,10-12H2,2-4H3,(H,16,17);1H. The molecule has 0 heterocycles. The number of guanidine groups is 1. The molecule has 1 aromatic carbocycles. The number of hydrogen-bond acceptors (Lipinski definition) is 3. The molecule has 5 nitrogen and oxygen atoms in total. The van der Waals surface area contributed by atoms with Crippen molar-refractivity contribution in [2.45, 2.75) is 0 Å². The van der Waals surface area contributed by atoms with Gasteiger partial charge in [0.15, 0.2) is 5.96 Å². The van der Waals surface area contributed by atoms with Crippen LogP contribution in [0.5, 0.6) is 11.5 Å². The molecule has 21 heavy (non-hydrogen) atoms. The highest BCUT2D eigenvalue weighted by Crippen LogP contribution is 2.16. The van der Waals surface area contributed by atoms with Gasteiger partial charge in [0.25, 0.3) is 0 Å². The van der Waals surface area contributed by atoms with Crippen molar-refractivity contribution in [2.75, 3.05) is 40.9 Å². The number of terminal acetylenes is 1. The molecule has 1 rings (SSSR count). The predicted molar refractivity (Wildman–Crippen MR) is 96.7 cm³/mol. The van der Waals surface area contributed by atoms with Gasteiger partial charge in [0, 0.05) is 14.1 Å². The van der Waals surface area contributed by atoms with Crippen molar-refractivity contribution >= 4 is 29.9 Å². The number of nitrogens with zero attached hydrogens (tertiary/aromatic N) is 2. The average Bonchev–Trinajstić information content (AvgIpc) is 2.48. The van der Waals surface area contributed by atoms with Crippen molar-refractivity contribution in [1.29, 1.82) is 0 Å². The minimum Gasteiger partial charge on any atom is -0.497 e. The summed E-state index contributed by atoms with van der Waals surface area (Å²) in [6, 6.07) is 7.49. The molecule has 0 radical (unpaired) electrons. The summed E-state index contributed by atoms with van der Waals surface area (Å²) in [7, 11) is 5.29. The summed E-state index contributed by atoms with van der Waals surface area (Å²) in [4.78, 5) is 6.10. The van der Waals surface area contributed by atoms with Crippen LogP contribution < -0.4 is 14.8 Å². The van der Waals surface area contributed by atoms with E-state index in [1.54, 1.807) is 14.2 Å². The monoisotopic (exact) mass is 403 g/mol. The van der Waals surface area contributed by atoms with Crippen LogP contribution in [0, 0.1) is 12.3 Å². The number of nitrogens with one attached hydrogen (secondary N) is 1. The zero-order valence-corrected chi connectivity index (χ0v) is 15.0. The van der Waals surface area contributed by atoms with Crippen molar-refractivity contribution < 1.29 is 9.47 Å². The fraction of sp³-hybridized carbons (Fsp3) is 0.400. The van der Waals surface area contributed by atoms with Gasteiger partial charge in [0.05, 0.1) is 20.2 Å². The molecule has 0 saturated heterocycles. The van der Waals surface area contributed by atoms with Crippen molar-refractivity contribution in [1.82, 2.24) is 10.2 Å². The second-order valence-corrected chi connectivity index (χ2v) is 4.05. The first-order valence-electron chi connectivity index (χ1n) is 6.33. The summed E-state index contributed by atoms with van der Waals surface area (Å²) < 4.78 is 10.7. The minimum atomic E-state index is 0. The molecule has 1 N–H and O–H groups in total. The van der Waals surface area contributed by atoms with E-state index in [4.69, 9.17) is 15.9 Å². The first-order chi connectivity index (χ1) is 9.71. The third-order valence-electron chi connectivity index (χ3n) is 2.68. The van der Waals surface area contributed by atoms with E-state index in [0.29, 0.717) is 19.7 Å². The smallest absolute Gasteiger partial charge is 0.194 e. The molecule has 0 aliphatic heterocycles. The van der Waals surface area contributed by atoms with Gasteiger partial charge in [-0.15, -0.1) is 30.4 Å². The van der Waals surface area contributed by atoms with Gasteiger partial charge in [-0.25, -0.2) is 0 Å².